The quantitative estimate of drug-likeness (QED) is 0.821. The Morgan fingerprint density at radius 1 is 1.61 bits per heavy atom. The van der Waals surface area contributed by atoms with Crippen LogP contribution in [0.25, 0.3) is 0 Å². The van der Waals surface area contributed by atoms with Crippen molar-refractivity contribution in [2.24, 2.45) is 11.5 Å². The second-order valence-corrected chi connectivity index (χ2v) is 4.11. The van der Waals surface area contributed by atoms with E-state index >= 15 is 0 Å². The highest BCUT2D eigenvalue weighted by Crippen LogP contribution is 2.23. The Hall–Kier alpha value is -2.08. The number of nitrogens with two attached hydrogens (primary N) is 2. The molecule has 2 aromatic heterocycles. The van der Waals surface area contributed by atoms with Gasteiger partial charge in [-0.15, -0.1) is 0 Å². The van der Waals surface area contributed by atoms with E-state index in [0.717, 1.165) is 6.42 Å². The van der Waals surface area contributed by atoms with E-state index in [1.165, 1.54) is 6.20 Å². The van der Waals surface area contributed by atoms with Gasteiger partial charge in [0, 0.05) is 12.2 Å². The van der Waals surface area contributed by atoms with Crippen LogP contribution < -0.4 is 11.5 Å². The lowest BCUT2D eigenvalue weighted by Crippen LogP contribution is -2.32. The molecule has 1 amide bonds. The minimum absolute atomic E-state index is 0.156. The Morgan fingerprint density at radius 3 is 2.89 bits per heavy atom. The van der Waals surface area contributed by atoms with Gasteiger partial charge in [-0.05, 0) is 18.6 Å². The van der Waals surface area contributed by atoms with Gasteiger partial charge in [-0.2, -0.15) is 5.10 Å². The Kier molecular flexibility index (Phi) is 3.47. The van der Waals surface area contributed by atoms with Crippen LogP contribution in [0.3, 0.4) is 0 Å². The van der Waals surface area contributed by atoms with E-state index in [1.54, 1.807) is 23.2 Å². The molecule has 0 aliphatic carbocycles. The number of hydrogen-bond donors (Lipinski definition) is 2. The lowest BCUT2D eigenvalue weighted by atomic mass is 10.0. The highest BCUT2D eigenvalue weighted by atomic mass is 16.3. The third-order valence-electron chi connectivity index (χ3n) is 2.88. The average Bonchev–Trinajstić information content (AvgIpc) is 3.00. The summed E-state index contributed by atoms with van der Waals surface area (Å²) < 4.78 is 7.00. The van der Waals surface area contributed by atoms with Gasteiger partial charge in [-0.25, -0.2) is 0 Å². The Labute approximate surface area is 105 Å². The molecule has 96 valence electrons. The summed E-state index contributed by atoms with van der Waals surface area (Å²) in [6.45, 7) is 1.99. The molecule has 18 heavy (non-hydrogen) atoms. The summed E-state index contributed by atoms with van der Waals surface area (Å²) in [7, 11) is 0. The number of nitrogens with zero attached hydrogens (tertiary/aromatic N) is 2. The first-order valence-electron chi connectivity index (χ1n) is 5.76. The van der Waals surface area contributed by atoms with Crippen molar-refractivity contribution in [3.05, 3.63) is 42.1 Å². The van der Waals surface area contributed by atoms with Crippen molar-refractivity contribution in [3.8, 4) is 0 Å². The van der Waals surface area contributed by atoms with Crippen LogP contribution in [0.5, 0.6) is 0 Å². The van der Waals surface area contributed by atoms with Crippen LogP contribution in [0.1, 0.15) is 35.5 Å². The molecule has 0 saturated heterocycles. The van der Waals surface area contributed by atoms with Crippen LogP contribution >= 0.6 is 0 Å². The monoisotopic (exact) mass is 248 g/mol. The van der Waals surface area contributed by atoms with E-state index in [2.05, 4.69) is 5.10 Å². The van der Waals surface area contributed by atoms with Gasteiger partial charge in [-0.1, -0.05) is 6.92 Å². The molecule has 0 fully saturated rings. The van der Waals surface area contributed by atoms with E-state index in [4.69, 9.17) is 15.9 Å². The third kappa shape index (κ3) is 2.28. The van der Waals surface area contributed by atoms with Gasteiger partial charge in [0.1, 0.15) is 11.8 Å². The van der Waals surface area contributed by atoms with Crippen LogP contribution in [0.4, 0.5) is 0 Å². The van der Waals surface area contributed by atoms with Crippen molar-refractivity contribution >= 4 is 5.91 Å². The predicted molar refractivity (Wildman–Crippen MR) is 65.9 cm³/mol. The van der Waals surface area contributed by atoms with Gasteiger partial charge in [0.05, 0.1) is 18.0 Å². The summed E-state index contributed by atoms with van der Waals surface area (Å²) in [4.78, 5) is 11.1. The van der Waals surface area contributed by atoms with Crippen molar-refractivity contribution in [1.82, 2.24) is 9.78 Å². The van der Waals surface area contributed by atoms with Gasteiger partial charge in [0.2, 0.25) is 0 Å². The van der Waals surface area contributed by atoms with Crippen molar-refractivity contribution in [2.75, 3.05) is 0 Å². The molecule has 4 N–H and O–H groups in total. The zero-order valence-corrected chi connectivity index (χ0v) is 10.1. The molecule has 0 aliphatic rings. The maximum Gasteiger partial charge on any atom is 0.251 e. The second-order valence-electron chi connectivity index (χ2n) is 4.11. The van der Waals surface area contributed by atoms with Crippen molar-refractivity contribution < 1.29 is 9.21 Å². The van der Waals surface area contributed by atoms with Gasteiger partial charge >= 0.3 is 0 Å². The van der Waals surface area contributed by atoms with Crippen LogP contribution in [-0.4, -0.2) is 21.7 Å². The highest BCUT2D eigenvalue weighted by molar-refractivity contribution is 5.92. The first kappa shape index (κ1) is 12.4. The van der Waals surface area contributed by atoms with Crippen LogP contribution in [0, 0.1) is 0 Å². The fraction of sp³-hybridized carbons (Fsp3) is 0.333. The fourth-order valence-electron chi connectivity index (χ4n) is 1.84. The summed E-state index contributed by atoms with van der Waals surface area (Å²) in [5.74, 6) is 0.202. The zero-order valence-electron chi connectivity index (χ0n) is 10.1. The molecule has 2 aromatic rings. The van der Waals surface area contributed by atoms with Gasteiger partial charge < -0.3 is 15.9 Å². The molecule has 2 atom stereocenters. The van der Waals surface area contributed by atoms with E-state index in [-0.39, 0.29) is 12.1 Å². The number of furan rings is 1. The van der Waals surface area contributed by atoms with Gasteiger partial charge in [-0.3, -0.25) is 9.48 Å². The molecule has 0 aliphatic heterocycles. The normalized spacial score (nSPS) is 14.3. The number of aromatic nitrogens is 2. The zero-order chi connectivity index (χ0) is 13.1. The average molecular weight is 248 g/mol. The maximum absolute atomic E-state index is 11.1. The Bertz CT molecular complexity index is 518. The largest absolute Gasteiger partial charge is 0.467 e. The second kappa shape index (κ2) is 5.05. The topological polar surface area (TPSA) is 100 Å². The molecule has 0 bridgehead atoms. The first-order chi connectivity index (χ1) is 8.63. The summed E-state index contributed by atoms with van der Waals surface area (Å²) in [5.41, 5.74) is 11.7. The number of amides is 1. The van der Waals surface area contributed by atoms with Crippen molar-refractivity contribution in [2.45, 2.75) is 25.4 Å². The van der Waals surface area contributed by atoms with Crippen molar-refractivity contribution in [3.63, 3.8) is 0 Å². The SMILES string of the molecule is CCC(N)C(c1ccco1)n1cc(C(N)=O)cn1. The molecule has 6 heteroatoms. The molecular weight excluding hydrogens is 232 g/mol. The molecule has 0 spiro atoms. The first-order valence-corrected chi connectivity index (χ1v) is 5.76. The molecule has 0 saturated carbocycles. The summed E-state index contributed by atoms with van der Waals surface area (Å²) in [5, 5.41) is 4.14. The number of primary amides is 1. The van der Waals surface area contributed by atoms with Crippen LogP contribution in [-0.2, 0) is 0 Å². The predicted octanol–water partition coefficient (Wildman–Crippen LogP) is 0.902. The molecule has 0 aromatic carbocycles. The molecular formula is C12H16N4O2. The minimum Gasteiger partial charge on any atom is -0.467 e. The van der Waals surface area contributed by atoms with Crippen LogP contribution in [0.15, 0.2) is 35.2 Å². The molecule has 2 heterocycles. The van der Waals surface area contributed by atoms with E-state index in [1.807, 2.05) is 13.0 Å². The number of carbonyl (C=O) groups excluding carboxylic acids is 1. The summed E-state index contributed by atoms with van der Waals surface area (Å²) in [6.07, 6.45) is 5.37. The van der Waals surface area contributed by atoms with E-state index in [9.17, 15) is 4.79 Å². The highest BCUT2D eigenvalue weighted by Gasteiger charge is 2.24. The number of hydrogen-bond acceptors (Lipinski definition) is 4. The number of carbonyl (C=O) groups is 1. The van der Waals surface area contributed by atoms with Gasteiger partial charge in [0.15, 0.2) is 0 Å². The van der Waals surface area contributed by atoms with Crippen molar-refractivity contribution in [1.29, 1.82) is 0 Å². The lowest BCUT2D eigenvalue weighted by molar-refractivity contribution is 0.1000. The fourth-order valence-corrected chi connectivity index (χ4v) is 1.84. The number of rotatable bonds is 5. The van der Waals surface area contributed by atoms with E-state index in [0.29, 0.717) is 11.3 Å². The molecule has 2 unspecified atom stereocenters. The third-order valence-corrected chi connectivity index (χ3v) is 2.88. The summed E-state index contributed by atoms with van der Waals surface area (Å²) >= 11 is 0. The smallest absolute Gasteiger partial charge is 0.251 e. The Morgan fingerprint density at radius 2 is 2.39 bits per heavy atom. The molecule has 6 nitrogen and oxygen atoms in total. The standard InChI is InChI=1S/C12H16N4O2/c1-2-9(13)11(10-4-3-5-18-10)16-7-8(6-15-16)12(14)17/h3-7,9,11H,2,13H2,1H3,(H2,14,17). The van der Waals surface area contributed by atoms with Gasteiger partial charge in [0.25, 0.3) is 5.91 Å². The maximum atomic E-state index is 11.1. The minimum atomic E-state index is -0.510. The molecule has 2 rings (SSSR count). The lowest BCUT2D eigenvalue weighted by Gasteiger charge is -2.21. The molecule has 0 radical (unpaired) electrons. The van der Waals surface area contributed by atoms with E-state index < -0.39 is 5.91 Å². The summed E-state index contributed by atoms with van der Waals surface area (Å²) in [6, 6.07) is 3.24. The Balaban J connectivity index is 2.37. The van der Waals surface area contributed by atoms with Crippen LogP contribution in [0.2, 0.25) is 0 Å².